The molecular formula is C14H21N3O3. The second-order valence-corrected chi connectivity index (χ2v) is 5.39. The Kier molecular flexibility index (Phi) is 4.76. The number of carbonyl (C=O) groups is 1. The third-order valence-corrected chi connectivity index (χ3v) is 3.41. The Hall–Kier alpha value is -1.85. The maximum Gasteiger partial charge on any atom is 0.308 e. The molecular weight excluding hydrogens is 258 g/mol. The van der Waals surface area contributed by atoms with Crippen molar-refractivity contribution in [1.29, 1.82) is 0 Å². The molecule has 2 unspecified atom stereocenters. The minimum Gasteiger partial charge on any atom is -0.481 e. The molecule has 0 amide bonds. The molecule has 2 rings (SSSR count). The standard InChI is InChI=1S/C14H21N3O3/c1-9(2)20-13-7-12(15-8-16-13)17-11-6-4-3-5-10(11)14(18)19/h7-11H,3-6H2,1-2H3,(H,18,19)(H,15,16,17). The molecule has 2 atom stereocenters. The second kappa shape index (κ2) is 6.54. The molecule has 0 aliphatic heterocycles. The Morgan fingerprint density at radius 1 is 1.40 bits per heavy atom. The van der Waals surface area contributed by atoms with Crippen LogP contribution in [0.5, 0.6) is 5.88 Å². The number of aromatic nitrogens is 2. The van der Waals surface area contributed by atoms with E-state index < -0.39 is 5.97 Å². The van der Waals surface area contributed by atoms with E-state index in [9.17, 15) is 9.90 Å². The molecule has 1 fully saturated rings. The molecule has 0 spiro atoms. The number of nitrogens with one attached hydrogen (secondary N) is 1. The highest BCUT2D eigenvalue weighted by molar-refractivity contribution is 5.71. The average molecular weight is 279 g/mol. The Balaban J connectivity index is 2.06. The fraction of sp³-hybridized carbons (Fsp3) is 0.643. The zero-order chi connectivity index (χ0) is 14.5. The van der Waals surface area contributed by atoms with Gasteiger partial charge in [0.15, 0.2) is 0 Å². The van der Waals surface area contributed by atoms with Crippen molar-refractivity contribution in [2.45, 2.75) is 51.7 Å². The molecule has 1 heterocycles. The Bertz CT molecular complexity index is 465. The van der Waals surface area contributed by atoms with E-state index in [0.29, 0.717) is 18.1 Å². The van der Waals surface area contributed by atoms with Gasteiger partial charge >= 0.3 is 5.97 Å². The van der Waals surface area contributed by atoms with Crippen LogP contribution >= 0.6 is 0 Å². The minimum atomic E-state index is -0.741. The number of rotatable bonds is 5. The lowest BCUT2D eigenvalue weighted by molar-refractivity contribution is -0.143. The summed E-state index contributed by atoms with van der Waals surface area (Å²) in [5.41, 5.74) is 0. The Labute approximate surface area is 118 Å². The smallest absolute Gasteiger partial charge is 0.308 e. The molecule has 2 N–H and O–H groups in total. The number of ether oxygens (including phenoxy) is 1. The first kappa shape index (κ1) is 14.6. The van der Waals surface area contributed by atoms with Crippen molar-refractivity contribution in [3.05, 3.63) is 12.4 Å². The van der Waals surface area contributed by atoms with E-state index in [0.717, 1.165) is 19.3 Å². The highest BCUT2D eigenvalue weighted by atomic mass is 16.5. The quantitative estimate of drug-likeness (QED) is 0.860. The van der Waals surface area contributed by atoms with Gasteiger partial charge in [-0.05, 0) is 26.7 Å². The monoisotopic (exact) mass is 279 g/mol. The molecule has 1 aliphatic rings. The third-order valence-electron chi connectivity index (χ3n) is 3.41. The van der Waals surface area contributed by atoms with E-state index >= 15 is 0 Å². The van der Waals surface area contributed by atoms with Crippen molar-refractivity contribution in [3.63, 3.8) is 0 Å². The van der Waals surface area contributed by atoms with Crippen LogP contribution in [0, 0.1) is 5.92 Å². The lowest BCUT2D eigenvalue weighted by Gasteiger charge is -2.29. The van der Waals surface area contributed by atoms with E-state index in [1.807, 2.05) is 13.8 Å². The Morgan fingerprint density at radius 2 is 2.15 bits per heavy atom. The maximum absolute atomic E-state index is 11.3. The molecule has 1 saturated carbocycles. The SMILES string of the molecule is CC(C)Oc1cc(NC2CCCCC2C(=O)O)ncn1. The normalized spacial score (nSPS) is 22.6. The molecule has 0 radical (unpaired) electrons. The van der Waals surface area contributed by atoms with Gasteiger partial charge in [0.2, 0.25) is 5.88 Å². The van der Waals surface area contributed by atoms with Crippen LogP contribution in [0.4, 0.5) is 5.82 Å². The zero-order valence-corrected chi connectivity index (χ0v) is 11.9. The van der Waals surface area contributed by atoms with Crippen molar-refractivity contribution in [2.75, 3.05) is 5.32 Å². The van der Waals surface area contributed by atoms with Gasteiger partial charge in [-0.25, -0.2) is 9.97 Å². The number of nitrogens with zero attached hydrogens (tertiary/aromatic N) is 2. The third kappa shape index (κ3) is 3.82. The van der Waals surface area contributed by atoms with Crippen LogP contribution in [0.1, 0.15) is 39.5 Å². The van der Waals surface area contributed by atoms with E-state index in [4.69, 9.17) is 4.74 Å². The number of aliphatic carboxylic acids is 1. The molecule has 0 aromatic carbocycles. The van der Waals surface area contributed by atoms with Gasteiger partial charge in [-0.15, -0.1) is 0 Å². The molecule has 1 aliphatic carbocycles. The Morgan fingerprint density at radius 3 is 2.85 bits per heavy atom. The van der Waals surface area contributed by atoms with Gasteiger partial charge in [0.25, 0.3) is 0 Å². The maximum atomic E-state index is 11.3. The van der Waals surface area contributed by atoms with Crippen LogP contribution in [0.25, 0.3) is 0 Å². The van der Waals surface area contributed by atoms with Crippen molar-refractivity contribution < 1.29 is 14.6 Å². The van der Waals surface area contributed by atoms with Crippen LogP contribution in [0.15, 0.2) is 12.4 Å². The predicted molar refractivity (Wildman–Crippen MR) is 74.8 cm³/mol. The van der Waals surface area contributed by atoms with Crippen LogP contribution in [0.3, 0.4) is 0 Å². The topological polar surface area (TPSA) is 84.3 Å². The molecule has 1 aromatic heterocycles. The summed E-state index contributed by atoms with van der Waals surface area (Å²) in [6, 6.07) is 1.64. The highest BCUT2D eigenvalue weighted by Crippen LogP contribution is 2.27. The van der Waals surface area contributed by atoms with E-state index in [1.165, 1.54) is 6.33 Å². The molecule has 20 heavy (non-hydrogen) atoms. The summed E-state index contributed by atoms with van der Waals surface area (Å²) >= 11 is 0. The zero-order valence-electron chi connectivity index (χ0n) is 11.9. The van der Waals surface area contributed by atoms with Gasteiger partial charge in [-0.3, -0.25) is 4.79 Å². The highest BCUT2D eigenvalue weighted by Gasteiger charge is 2.30. The van der Waals surface area contributed by atoms with Crippen molar-refractivity contribution in [1.82, 2.24) is 9.97 Å². The lowest BCUT2D eigenvalue weighted by atomic mass is 9.84. The largest absolute Gasteiger partial charge is 0.481 e. The van der Waals surface area contributed by atoms with Gasteiger partial charge < -0.3 is 15.2 Å². The summed E-state index contributed by atoms with van der Waals surface area (Å²) in [7, 11) is 0. The first-order valence-electron chi connectivity index (χ1n) is 7.04. The van der Waals surface area contributed by atoms with Gasteiger partial charge in [-0.2, -0.15) is 0 Å². The van der Waals surface area contributed by atoms with Gasteiger partial charge in [0, 0.05) is 12.1 Å². The van der Waals surface area contributed by atoms with E-state index in [1.54, 1.807) is 6.07 Å². The van der Waals surface area contributed by atoms with Crippen molar-refractivity contribution in [2.24, 2.45) is 5.92 Å². The predicted octanol–water partition coefficient (Wildman–Crippen LogP) is 2.32. The van der Waals surface area contributed by atoms with Crippen LogP contribution in [-0.2, 0) is 4.79 Å². The fourth-order valence-electron chi connectivity index (χ4n) is 2.51. The number of anilines is 1. The number of carboxylic acid groups (broad SMARTS) is 1. The molecule has 0 saturated heterocycles. The summed E-state index contributed by atoms with van der Waals surface area (Å²) in [6.07, 6.45) is 5.05. The number of hydrogen-bond acceptors (Lipinski definition) is 5. The molecule has 6 heteroatoms. The minimum absolute atomic E-state index is 0.0409. The molecule has 110 valence electrons. The van der Waals surface area contributed by atoms with Crippen molar-refractivity contribution in [3.8, 4) is 5.88 Å². The van der Waals surface area contributed by atoms with Crippen LogP contribution in [0.2, 0.25) is 0 Å². The van der Waals surface area contributed by atoms with Crippen LogP contribution < -0.4 is 10.1 Å². The number of carboxylic acids is 1. The van der Waals surface area contributed by atoms with Crippen LogP contribution in [-0.4, -0.2) is 33.2 Å². The van der Waals surface area contributed by atoms with E-state index in [-0.39, 0.29) is 18.1 Å². The summed E-state index contributed by atoms with van der Waals surface area (Å²) in [5, 5.41) is 12.5. The summed E-state index contributed by atoms with van der Waals surface area (Å²) in [5.74, 6) is 0.0251. The molecule has 1 aromatic rings. The number of hydrogen-bond donors (Lipinski definition) is 2. The van der Waals surface area contributed by atoms with Gasteiger partial charge in [0.05, 0.1) is 12.0 Å². The van der Waals surface area contributed by atoms with Gasteiger partial charge in [0.1, 0.15) is 12.1 Å². The summed E-state index contributed by atoms with van der Waals surface area (Å²) in [4.78, 5) is 19.4. The first-order chi connectivity index (χ1) is 9.56. The molecule has 6 nitrogen and oxygen atoms in total. The average Bonchev–Trinajstić information content (AvgIpc) is 2.38. The summed E-state index contributed by atoms with van der Waals surface area (Å²) < 4.78 is 5.51. The van der Waals surface area contributed by atoms with Crippen molar-refractivity contribution >= 4 is 11.8 Å². The van der Waals surface area contributed by atoms with Gasteiger partial charge in [-0.1, -0.05) is 12.8 Å². The second-order valence-electron chi connectivity index (χ2n) is 5.39. The van der Waals surface area contributed by atoms with E-state index in [2.05, 4.69) is 15.3 Å². The first-order valence-corrected chi connectivity index (χ1v) is 7.04. The lowest BCUT2D eigenvalue weighted by Crippen LogP contribution is -2.37. The molecule has 0 bridgehead atoms. The fourth-order valence-corrected chi connectivity index (χ4v) is 2.51. The summed E-state index contributed by atoms with van der Waals surface area (Å²) in [6.45, 7) is 3.85.